The molecule has 0 aliphatic heterocycles. The topological polar surface area (TPSA) is 37.3 Å². The second kappa shape index (κ2) is 3.09. The van der Waals surface area contributed by atoms with Gasteiger partial charge in [-0.15, -0.1) is 11.6 Å². The molecule has 0 aliphatic carbocycles. The van der Waals surface area contributed by atoms with Crippen molar-refractivity contribution in [2.75, 3.05) is 0 Å². The van der Waals surface area contributed by atoms with Crippen LogP contribution in [0.3, 0.4) is 0 Å². The standard InChI is InChI=1S/C9H15ClO2/c1-6(2)9(5,7(11)12)8(3,4)10/h1H2,2-5H3,(H,11,12)/t9-/m0/s1. The number of rotatable bonds is 3. The number of alkyl halides is 1. The molecule has 1 N–H and O–H groups in total. The van der Waals surface area contributed by atoms with Gasteiger partial charge in [-0.05, 0) is 27.7 Å². The minimum absolute atomic E-state index is 0.565. The Labute approximate surface area is 78.2 Å². The summed E-state index contributed by atoms with van der Waals surface area (Å²) < 4.78 is 0. The molecule has 1 atom stereocenters. The lowest BCUT2D eigenvalue weighted by atomic mass is 9.73. The lowest BCUT2D eigenvalue weighted by molar-refractivity contribution is -0.147. The van der Waals surface area contributed by atoms with Gasteiger partial charge in [0, 0.05) is 0 Å². The Morgan fingerprint density at radius 2 is 1.75 bits per heavy atom. The Morgan fingerprint density at radius 1 is 1.42 bits per heavy atom. The molecule has 0 spiro atoms. The summed E-state index contributed by atoms with van der Waals surface area (Å²) in [4.78, 5) is 10.1. The summed E-state index contributed by atoms with van der Waals surface area (Å²) in [6.07, 6.45) is 0. The molecule has 2 nitrogen and oxygen atoms in total. The smallest absolute Gasteiger partial charge is 0.315 e. The van der Waals surface area contributed by atoms with E-state index in [1.807, 2.05) is 0 Å². The number of halogens is 1. The van der Waals surface area contributed by atoms with E-state index >= 15 is 0 Å². The average Bonchev–Trinajstić information content (AvgIpc) is 1.82. The fourth-order valence-corrected chi connectivity index (χ4v) is 1.19. The minimum atomic E-state index is -1.07. The molecule has 0 bridgehead atoms. The Hall–Kier alpha value is -0.500. The highest BCUT2D eigenvalue weighted by Crippen LogP contribution is 2.42. The molecule has 0 saturated carbocycles. The first-order valence-corrected chi connectivity index (χ1v) is 4.10. The van der Waals surface area contributed by atoms with Crippen LogP contribution < -0.4 is 0 Å². The van der Waals surface area contributed by atoms with Crippen LogP contribution in [-0.2, 0) is 4.79 Å². The summed E-state index contributed by atoms with van der Waals surface area (Å²) in [6, 6.07) is 0. The molecule has 0 rings (SSSR count). The zero-order chi connectivity index (χ0) is 10.2. The van der Waals surface area contributed by atoms with Gasteiger partial charge in [-0.2, -0.15) is 0 Å². The number of carboxylic acids is 1. The van der Waals surface area contributed by atoms with E-state index in [0.717, 1.165) is 0 Å². The number of aliphatic carboxylic acids is 1. The molecule has 3 heteroatoms. The van der Waals surface area contributed by atoms with Crippen molar-refractivity contribution >= 4 is 17.6 Å². The van der Waals surface area contributed by atoms with Gasteiger partial charge in [-0.3, -0.25) is 4.79 Å². The third-order valence-electron chi connectivity index (χ3n) is 2.47. The van der Waals surface area contributed by atoms with Crippen molar-refractivity contribution in [2.24, 2.45) is 5.41 Å². The monoisotopic (exact) mass is 190 g/mol. The molecule has 0 aromatic heterocycles. The maximum absolute atomic E-state index is 11.0. The summed E-state index contributed by atoms with van der Waals surface area (Å²) in [5.41, 5.74) is -0.510. The molecular weight excluding hydrogens is 176 g/mol. The summed E-state index contributed by atoms with van der Waals surface area (Å²) in [6.45, 7) is 10.3. The van der Waals surface area contributed by atoms with Crippen molar-refractivity contribution in [3.63, 3.8) is 0 Å². The van der Waals surface area contributed by atoms with Crippen molar-refractivity contribution in [1.29, 1.82) is 0 Å². The van der Waals surface area contributed by atoms with Gasteiger partial charge in [0.25, 0.3) is 0 Å². The molecule has 0 amide bonds. The number of hydrogen-bond donors (Lipinski definition) is 1. The third kappa shape index (κ3) is 1.63. The summed E-state index contributed by atoms with van der Waals surface area (Å²) in [5, 5.41) is 8.99. The van der Waals surface area contributed by atoms with E-state index in [4.69, 9.17) is 16.7 Å². The fourth-order valence-electron chi connectivity index (χ4n) is 0.944. The first-order valence-electron chi connectivity index (χ1n) is 3.72. The summed E-state index contributed by atoms with van der Waals surface area (Å²) in [7, 11) is 0. The van der Waals surface area contributed by atoms with Crippen LogP contribution in [-0.4, -0.2) is 16.0 Å². The third-order valence-corrected chi connectivity index (χ3v) is 2.85. The van der Waals surface area contributed by atoms with Gasteiger partial charge in [0.2, 0.25) is 0 Å². The summed E-state index contributed by atoms with van der Waals surface area (Å²) in [5.74, 6) is -0.935. The highest BCUT2D eigenvalue weighted by Gasteiger charge is 2.47. The maximum Gasteiger partial charge on any atom is 0.315 e. The van der Waals surface area contributed by atoms with Crippen LogP contribution in [0.15, 0.2) is 12.2 Å². The fraction of sp³-hybridized carbons (Fsp3) is 0.667. The second-order valence-corrected chi connectivity index (χ2v) is 4.63. The van der Waals surface area contributed by atoms with Crippen LogP contribution in [0.5, 0.6) is 0 Å². The van der Waals surface area contributed by atoms with Gasteiger partial charge < -0.3 is 5.11 Å². The SMILES string of the molecule is C=C(C)[C@@](C)(C(=O)O)C(C)(C)Cl. The molecule has 0 fully saturated rings. The highest BCUT2D eigenvalue weighted by atomic mass is 35.5. The van der Waals surface area contributed by atoms with E-state index in [1.165, 1.54) is 0 Å². The predicted molar refractivity (Wildman–Crippen MR) is 50.5 cm³/mol. The van der Waals surface area contributed by atoms with E-state index in [-0.39, 0.29) is 0 Å². The Kier molecular flexibility index (Phi) is 2.97. The van der Waals surface area contributed by atoms with Gasteiger partial charge in [0.15, 0.2) is 0 Å². The molecule has 0 heterocycles. The molecule has 0 saturated heterocycles. The van der Waals surface area contributed by atoms with Crippen molar-refractivity contribution < 1.29 is 9.90 Å². The van der Waals surface area contributed by atoms with E-state index in [0.29, 0.717) is 5.57 Å². The van der Waals surface area contributed by atoms with Crippen molar-refractivity contribution in [3.05, 3.63) is 12.2 Å². The zero-order valence-electron chi connectivity index (χ0n) is 7.94. The van der Waals surface area contributed by atoms with Crippen molar-refractivity contribution in [3.8, 4) is 0 Å². The second-order valence-electron chi connectivity index (χ2n) is 3.68. The van der Waals surface area contributed by atoms with Crippen LogP contribution in [0.25, 0.3) is 0 Å². The highest BCUT2D eigenvalue weighted by molar-refractivity contribution is 6.25. The lowest BCUT2D eigenvalue weighted by Crippen LogP contribution is -2.44. The lowest BCUT2D eigenvalue weighted by Gasteiger charge is -2.36. The molecule has 0 unspecified atom stereocenters. The van der Waals surface area contributed by atoms with Gasteiger partial charge in [-0.1, -0.05) is 12.2 Å². The molecule has 70 valence electrons. The van der Waals surface area contributed by atoms with Crippen LogP contribution in [0.4, 0.5) is 0 Å². The van der Waals surface area contributed by atoms with E-state index in [1.54, 1.807) is 27.7 Å². The summed E-state index contributed by atoms with van der Waals surface area (Å²) >= 11 is 5.99. The largest absolute Gasteiger partial charge is 0.481 e. The van der Waals surface area contributed by atoms with Gasteiger partial charge in [0.05, 0.1) is 4.87 Å². The van der Waals surface area contributed by atoms with E-state index < -0.39 is 16.3 Å². The molecule has 12 heavy (non-hydrogen) atoms. The number of hydrogen-bond acceptors (Lipinski definition) is 1. The maximum atomic E-state index is 11.0. The first kappa shape index (κ1) is 11.5. The van der Waals surface area contributed by atoms with Crippen LogP contribution >= 0.6 is 11.6 Å². The van der Waals surface area contributed by atoms with Crippen LogP contribution in [0, 0.1) is 5.41 Å². The molecule has 0 radical (unpaired) electrons. The zero-order valence-corrected chi connectivity index (χ0v) is 8.70. The molecular formula is C9H15ClO2. The number of carboxylic acid groups (broad SMARTS) is 1. The number of carbonyl (C=O) groups is 1. The molecule has 0 aromatic carbocycles. The molecule has 0 aromatic rings. The van der Waals surface area contributed by atoms with E-state index in [2.05, 4.69) is 6.58 Å². The van der Waals surface area contributed by atoms with Crippen LogP contribution in [0.2, 0.25) is 0 Å². The quantitative estimate of drug-likeness (QED) is 0.549. The Morgan fingerprint density at radius 3 is 1.75 bits per heavy atom. The van der Waals surface area contributed by atoms with Crippen molar-refractivity contribution in [2.45, 2.75) is 32.6 Å². The van der Waals surface area contributed by atoms with Gasteiger partial charge >= 0.3 is 5.97 Å². The Bertz CT molecular complexity index is 199. The normalized spacial score (nSPS) is 16.8. The Balaban J connectivity index is 5.17. The average molecular weight is 191 g/mol. The first-order chi connectivity index (χ1) is 5.14. The predicted octanol–water partition coefficient (Wildman–Crippen LogP) is 2.67. The molecule has 0 aliphatic rings. The van der Waals surface area contributed by atoms with Gasteiger partial charge in [-0.25, -0.2) is 0 Å². The minimum Gasteiger partial charge on any atom is -0.481 e. The van der Waals surface area contributed by atoms with Crippen LogP contribution in [0.1, 0.15) is 27.7 Å². The van der Waals surface area contributed by atoms with Crippen molar-refractivity contribution in [1.82, 2.24) is 0 Å². The van der Waals surface area contributed by atoms with Gasteiger partial charge in [0.1, 0.15) is 5.41 Å². The van der Waals surface area contributed by atoms with E-state index in [9.17, 15) is 4.79 Å².